The number of carbonyl (C=O) groups excluding carboxylic acids is 1. The standard InChI is InChI=1S/C15H24N4OS/c1-9(16)15-18-13(8-21-15)14(20)17-10-6-11-4-3-5-12(7-10)19(11)2/h8-12H,3-7,16H2,1-2H3,(H,17,20). The number of hydrogen-bond acceptors (Lipinski definition) is 5. The summed E-state index contributed by atoms with van der Waals surface area (Å²) in [5, 5.41) is 5.80. The highest BCUT2D eigenvalue weighted by Gasteiger charge is 2.36. The van der Waals surface area contributed by atoms with E-state index in [1.54, 1.807) is 0 Å². The van der Waals surface area contributed by atoms with E-state index in [2.05, 4.69) is 22.2 Å². The van der Waals surface area contributed by atoms with Crippen LogP contribution >= 0.6 is 11.3 Å². The van der Waals surface area contributed by atoms with E-state index in [9.17, 15) is 4.79 Å². The number of hydrogen-bond donors (Lipinski definition) is 2. The van der Waals surface area contributed by atoms with E-state index in [-0.39, 0.29) is 18.0 Å². The van der Waals surface area contributed by atoms with Crippen LogP contribution in [0.3, 0.4) is 0 Å². The Morgan fingerprint density at radius 2 is 2.14 bits per heavy atom. The van der Waals surface area contributed by atoms with Gasteiger partial charge in [-0.05, 0) is 39.7 Å². The molecule has 21 heavy (non-hydrogen) atoms. The number of rotatable bonds is 3. The minimum absolute atomic E-state index is 0.0502. The average Bonchev–Trinajstić information content (AvgIpc) is 2.90. The van der Waals surface area contributed by atoms with Crippen molar-refractivity contribution in [1.82, 2.24) is 15.2 Å². The first kappa shape index (κ1) is 14.9. The number of fused-ring (bicyclic) bond motifs is 2. The highest BCUT2D eigenvalue weighted by atomic mass is 32.1. The number of piperidine rings is 2. The fraction of sp³-hybridized carbons (Fsp3) is 0.733. The first-order valence-corrected chi connectivity index (χ1v) is 8.66. The van der Waals surface area contributed by atoms with Crippen LogP contribution in [-0.2, 0) is 0 Å². The summed E-state index contributed by atoms with van der Waals surface area (Å²) in [6, 6.07) is 1.42. The molecule has 3 unspecified atom stereocenters. The number of aromatic nitrogens is 1. The van der Waals surface area contributed by atoms with Crippen molar-refractivity contribution in [2.75, 3.05) is 7.05 Å². The number of nitrogens with one attached hydrogen (secondary N) is 1. The molecular formula is C15H24N4OS. The molecule has 6 heteroatoms. The Labute approximate surface area is 129 Å². The van der Waals surface area contributed by atoms with Gasteiger partial charge < -0.3 is 16.0 Å². The molecule has 2 saturated heterocycles. The normalized spacial score (nSPS) is 30.9. The predicted molar refractivity (Wildman–Crippen MR) is 84.4 cm³/mol. The topological polar surface area (TPSA) is 71.2 Å². The molecule has 1 aromatic rings. The van der Waals surface area contributed by atoms with Crippen molar-refractivity contribution in [3.8, 4) is 0 Å². The van der Waals surface area contributed by atoms with Gasteiger partial charge >= 0.3 is 0 Å². The zero-order valence-corrected chi connectivity index (χ0v) is 13.5. The lowest BCUT2D eigenvalue weighted by atomic mass is 9.82. The van der Waals surface area contributed by atoms with Crippen LogP contribution in [-0.4, -0.2) is 41.0 Å². The molecule has 3 atom stereocenters. The van der Waals surface area contributed by atoms with Gasteiger partial charge in [0, 0.05) is 23.5 Å². The highest BCUT2D eigenvalue weighted by Crippen LogP contribution is 2.32. The van der Waals surface area contributed by atoms with Crippen molar-refractivity contribution in [2.24, 2.45) is 5.73 Å². The number of amides is 1. The molecule has 0 aromatic carbocycles. The van der Waals surface area contributed by atoms with E-state index in [1.807, 2.05) is 12.3 Å². The molecule has 3 rings (SSSR count). The third-order valence-electron chi connectivity index (χ3n) is 4.82. The van der Waals surface area contributed by atoms with Crippen LogP contribution in [0.15, 0.2) is 5.38 Å². The zero-order valence-electron chi connectivity index (χ0n) is 12.7. The van der Waals surface area contributed by atoms with Gasteiger partial charge in [-0.15, -0.1) is 11.3 Å². The molecule has 2 fully saturated rings. The molecule has 1 amide bonds. The van der Waals surface area contributed by atoms with Crippen LogP contribution in [0.25, 0.3) is 0 Å². The molecule has 0 aliphatic carbocycles. The Kier molecular flexibility index (Phi) is 4.28. The Morgan fingerprint density at radius 3 is 2.71 bits per heavy atom. The third-order valence-corrected chi connectivity index (χ3v) is 5.86. The number of nitrogens with two attached hydrogens (primary N) is 1. The van der Waals surface area contributed by atoms with Crippen LogP contribution in [0.2, 0.25) is 0 Å². The van der Waals surface area contributed by atoms with Crippen molar-refractivity contribution in [3.05, 3.63) is 16.1 Å². The monoisotopic (exact) mass is 308 g/mol. The van der Waals surface area contributed by atoms with E-state index in [4.69, 9.17) is 5.73 Å². The van der Waals surface area contributed by atoms with Gasteiger partial charge in [-0.2, -0.15) is 0 Å². The number of nitrogens with zero attached hydrogens (tertiary/aromatic N) is 2. The molecule has 3 N–H and O–H groups in total. The fourth-order valence-corrected chi connectivity index (χ4v) is 4.35. The zero-order chi connectivity index (χ0) is 15.0. The van der Waals surface area contributed by atoms with Crippen LogP contribution < -0.4 is 11.1 Å². The summed E-state index contributed by atoms with van der Waals surface area (Å²) >= 11 is 1.46. The van der Waals surface area contributed by atoms with Gasteiger partial charge in [0.15, 0.2) is 0 Å². The summed E-state index contributed by atoms with van der Waals surface area (Å²) in [5.74, 6) is -0.0502. The quantitative estimate of drug-likeness (QED) is 0.895. The lowest BCUT2D eigenvalue weighted by Gasteiger charge is -2.47. The lowest BCUT2D eigenvalue weighted by molar-refractivity contribution is 0.0462. The van der Waals surface area contributed by atoms with Crippen molar-refractivity contribution < 1.29 is 4.79 Å². The second-order valence-corrected chi connectivity index (χ2v) is 7.30. The summed E-state index contributed by atoms with van der Waals surface area (Å²) in [6.45, 7) is 1.89. The van der Waals surface area contributed by atoms with Gasteiger partial charge in [-0.1, -0.05) is 6.42 Å². The highest BCUT2D eigenvalue weighted by molar-refractivity contribution is 7.09. The van der Waals surface area contributed by atoms with Crippen LogP contribution in [0, 0.1) is 0 Å². The minimum atomic E-state index is -0.112. The van der Waals surface area contributed by atoms with E-state index >= 15 is 0 Å². The molecule has 0 spiro atoms. The van der Waals surface area contributed by atoms with Gasteiger partial charge in [0.2, 0.25) is 0 Å². The van der Waals surface area contributed by atoms with Gasteiger partial charge in [-0.25, -0.2) is 4.98 Å². The van der Waals surface area contributed by atoms with E-state index in [0.29, 0.717) is 17.8 Å². The molecule has 2 aliphatic heterocycles. The molecule has 0 radical (unpaired) electrons. The van der Waals surface area contributed by atoms with Crippen LogP contribution in [0.1, 0.15) is 60.6 Å². The van der Waals surface area contributed by atoms with E-state index < -0.39 is 0 Å². The minimum Gasteiger partial charge on any atom is -0.348 e. The summed E-state index contributed by atoms with van der Waals surface area (Å²) < 4.78 is 0. The Bertz CT molecular complexity index is 502. The molecule has 5 nitrogen and oxygen atoms in total. The predicted octanol–water partition coefficient (Wildman–Crippen LogP) is 1.91. The average molecular weight is 308 g/mol. The molecule has 0 saturated carbocycles. The Hall–Kier alpha value is -0.980. The van der Waals surface area contributed by atoms with Gasteiger partial charge in [-0.3, -0.25) is 4.79 Å². The van der Waals surface area contributed by atoms with Crippen molar-refractivity contribution in [2.45, 2.75) is 63.2 Å². The van der Waals surface area contributed by atoms with Crippen LogP contribution in [0.5, 0.6) is 0 Å². The molecule has 1 aromatic heterocycles. The Balaban J connectivity index is 1.62. The summed E-state index contributed by atoms with van der Waals surface area (Å²) in [6.07, 6.45) is 5.95. The molecule has 116 valence electrons. The second kappa shape index (κ2) is 6.02. The van der Waals surface area contributed by atoms with E-state index in [0.717, 1.165) is 17.8 Å². The maximum atomic E-state index is 12.3. The molecule has 2 aliphatic rings. The van der Waals surface area contributed by atoms with Gasteiger partial charge in [0.1, 0.15) is 10.7 Å². The van der Waals surface area contributed by atoms with Crippen molar-refractivity contribution in [1.29, 1.82) is 0 Å². The molecular weight excluding hydrogens is 284 g/mol. The van der Waals surface area contributed by atoms with Gasteiger partial charge in [0.25, 0.3) is 5.91 Å². The lowest BCUT2D eigenvalue weighted by Crippen LogP contribution is -2.55. The smallest absolute Gasteiger partial charge is 0.270 e. The van der Waals surface area contributed by atoms with Crippen LogP contribution in [0.4, 0.5) is 0 Å². The molecule has 2 bridgehead atoms. The summed E-state index contributed by atoms with van der Waals surface area (Å²) in [4.78, 5) is 19.2. The number of thiazole rings is 1. The molecule has 3 heterocycles. The first-order chi connectivity index (χ1) is 10.0. The maximum Gasteiger partial charge on any atom is 0.270 e. The Morgan fingerprint density at radius 1 is 1.48 bits per heavy atom. The van der Waals surface area contributed by atoms with Crippen molar-refractivity contribution >= 4 is 17.2 Å². The second-order valence-electron chi connectivity index (χ2n) is 6.41. The van der Waals surface area contributed by atoms with Crippen molar-refractivity contribution in [3.63, 3.8) is 0 Å². The fourth-order valence-electron chi connectivity index (χ4n) is 3.59. The van der Waals surface area contributed by atoms with E-state index in [1.165, 1.54) is 30.6 Å². The summed E-state index contributed by atoms with van der Waals surface area (Å²) in [7, 11) is 2.22. The maximum absolute atomic E-state index is 12.3. The number of carbonyl (C=O) groups is 1. The SMILES string of the molecule is CC(N)c1nc(C(=O)NC2CC3CCCC(C2)N3C)cs1. The third kappa shape index (κ3) is 3.12. The first-order valence-electron chi connectivity index (χ1n) is 7.78. The largest absolute Gasteiger partial charge is 0.348 e. The summed E-state index contributed by atoms with van der Waals surface area (Å²) in [5.41, 5.74) is 6.31. The van der Waals surface area contributed by atoms with Gasteiger partial charge in [0.05, 0.1) is 6.04 Å².